The topological polar surface area (TPSA) is 71.4 Å². The Balaban J connectivity index is 2.37. The first-order valence-electron chi connectivity index (χ1n) is 7.29. The Morgan fingerprint density at radius 2 is 2.04 bits per heavy atom. The van der Waals surface area contributed by atoms with Crippen LogP contribution in [0.5, 0.6) is 11.5 Å². The maximum atomic E-state index is 13.2. The lowest BCUT2D eigenvalue weighted by molar-refractivity contribution is -0.164. The molecule has 1 aromatic rings. The quantitative estimate of drug-likeness (QED) is 0.788. The molecule has 25 heavy (non-hydrogen) atoms. The van der Waals surface area contributed by atoms with Gasteiger partial charge in [-0.05, 0) is 32.0 Å². The van der Waals surface area contributed by atoms with Crippen molar-refractivity contribution in [1.29, 1.82) is 0 Å². The zero-order chi connectivity index (χ0) is 18.8. The molecule has 0 bridgehead atoms. The van der Waals surface area contributed by atoms with Gasteiger partial charge in [0.25, 0.3) is 12.3 Å². The van der Waals surface area contributed by atoms with Gasteiger partial charge < -0.3 is 14.6 Å². The number of carbonyl (C=O) groups is 1. The van der Waals surface area contributed by atoms with E-state index in [9.17, 15) is 27.5 Å². The van der Waals surface area contributed by atoms with Crippen molar-refractivity contribution in [3.63, 3.8) is 0 Å². The zero-order valence-electron chi connectivity index (χ0n) is 13.4. The van der Waals surface area contributed by atoms with E-state index in [0.29, 0.717) is 5.01 Å². The monoisotopic (exact) mass is 364 g/mol. The smallest absolute Gasteiger partial charge is 0.387 e. The molecule has 2 rings (SSSR count). The van der Waals surface area contributed by atoms with E-state index in [1.165, 1.54) is 6.92 Å². The summed E-state index contributed by atoms with van der Waals surface area (Å²) in [6.07, 6.45) is -3.74. The summed E-state index contributed by atoms with van der Waals surface area (Å²) < 4.78 is 60.6. The number of hydrogen-bond acceptors (Lipinski definition) is 5. The number of ether oxygens (including phenoxy) is 2. The van der Waals surface area contributed by atoms with Gasteiger partial charge in [-0.2, -0.15) is 18.9 Å². The highest BCUT2D eigenvalue weighted by Crippen LogP contribution is 2.35. The van der Waals surface area contributed by atoms with E-state index in [1.54, 1.807) is 6.92 Å². The van der Waals surface area contributed by atoms with E-state index in [2.05, 4.69) is 9.84 Å². The van der Waals surface area contributed by atoms with Gasteiger partial charge >= 0.3 is 6.61 Å². The van der Waals surface area contributed by atoms with Gasteiger partial charge in [0.2, 0.25) is 5.72 Å². The second-order valence-corrected chi connectivity index (χ2v) is 5.28. The standard InChI is InChI=1S/C15H16F4N2O4/c1-3-24-11-6-9(4-5-10(11)25-14(18)19)12(22)21-15(23,13(16)17)7-8(2)20-21/h4-6,13-14,23H,3,7H2,1-2H3. The molecule has 0 aliphatic carbocycles. The van der Waals surface area contributed by atoms with Gasteiger partial charge in [0.15, 0.2) is 11.5 Å². The van der Waals surface area contributed by atoms with Gasteiger partial charge in [-0.3, -0.25) is 4.79 Å². The minimum atomic E-state index is -3.24. The van der Waals surface area contributed by atoms with Crippen LogP contribution in [0.1, 0.15) is 30.6 Å². The van der Waals surface area contributed by atoms with Crippen LogP contribution >= 0.6 is 0 Å². The Bertz CT molecular complexity index is 683. The van der Waals surface area contributed by atoms with Crippen molar-refractivity contribution >= 4 is 11.6 Å². The average Bonchev–Trinajstić information content (AvgIpc) is 2.84. The number of nitrogens with zero attached hydrogens (tertiary/aromatic N) is 2. The first-order chi connectivity index (χ1) is 11.7. The van der Waals surface area contributed by atoms with Gasteiger partial charge in [0, 0.05) is 17.7 Å². The molecule has 1 unspecified atom stereocenters. The molecule has 6 nitrogen and oxygen atoms in total. The molecule has 1 aliphatic heterocycles. The number of alkyl halides is 4. The predicted octanol–water partition coefficient (Wildman–Crippen LogP) is 2.86. The zero-order valence-corrected chi connectivity index (χ0v) is 13.4. The number of hydrazone groups is 1. The lowest BCUT2D eigenvalue weighted by Crippen LogP contribution is -2.51. The maximum absolute atomic E-state index is 13.2. The molecule has 1 heterocycles. The van der Waals surface area contributed by atoms with Crippen molar-refractivity contribution in [1.82, 2.24) is 5.01 Å². The Hall–Kier alpha value is -2.36. The highest BCUT2D eigenvalue weighted by Gasteiger charge is 2.51. The average molecular weight is 364 g/mol. The van der Waals surface area contributed by atoms with E-state index in [-0.39, 0.29) is 29.4 Å². The molecular formula is C15H16F4N2O4. The van der Waals surface area contributed by atoms with Gasteiger partial charge in [-0.15, -0.1) is 0 Å². The Kier molecular flexibility index (Phi) is 5.51. The van der Waals surface area contributed by atoms with Crippen molar-refractivity contribution in [2.24, 2.45) is 5.10 Å². The fraction of sp³-hybridized carbons (Fsp3) is 0.467. The fourth-order valence-corrected chi connectivity index (χ4v) is 2.36. The maximum Gasteiger partial charge on any atom is 0.387 e. The van der Waals surface area contributed by atoms with Crippen molar-refractivity contribution in [3.8, 4) is 11.5 Å². The number of benzene rings is 1. The molecule has 1 aliphatic rings. The van der Waals surface area contributed by atoms with Crippen molar-refractivity contribution < 1.29 is 36.9 Å². The number of carbonyl (C=O) groups excluding carboxylic acids is 1. The minimum absolute atomic E-state index is 0.0964. The SMILES string of the molecule is CCOc1cc(C(=O)N2N=C(C)CC2(O)C(F)F)ccc1OC(F)F. The predicted molar refractivity (Wildman–Crippen MR) is 79.1 cm³/mol. The number of hydrogen-bond donors (Lipinski definition) is 1. The summed E-state index contributed by atoms with van der Waals surface area (Å²) in [4.78, 5) is 12.5. The molecule has 1 atom stereocenters. The summed E-state index contributed by atoms with van der Waals surface area (Å²) in [6.45, 7) is -0.0227. The molecule has 0 saturated heterocycles. The summed E-state index contributed by atoms with van der Waals surface area (Å²) in [5.41, 5.74) is -2.79. The van der Waals surface area contributed by atoms with Crippen LogP contribution in [0.4, 0.5) is 17.6 Å². The summed E-state index contributed by atoms with van der Waals surface area (Å²) in [5, 5.41) is 14.0. The molecule has 10 heteroatoms. The number of amides is 1. The summed E-state index contributed by atoms with van der Waals surface area (Å²) >= 11 is 0. The molecule has 0 radical (unpaired) electrons. The second kappa shape index (κ2) is 7.26. The molecule has 1 aromatic carbocycles. The first-order valence-corrected chi connectivity index (χ1v) is 7.29. The largest absolute Gasteiger partial charge is 0.490 e. The lowest BCUT2D eigenvalue weighted by atomic mass is 10.1. The Labute approximate surface area is 140 Å². The van der Waals surface area contributed by atoms with Crippen molar-refractivity contribution in [3.05, 3.63) is 23.8 Å². The van der Waals surface area contributed by atoms with Crippen LogP contribution in [0.3, 0.4) is 0 Å². The third kappa shape index (κ3) is 3.84. The van der Waals surface area contributed by atoms with E-state index >= 15 is 0 Å². The second-order valence-electron chi connectivity index (χ2n) is 5.28. The molecule has 1 N–H and O–H groups in total. The first kappa shape index (κ1) is 19.0. The van der Waals surface area contributed by atoms with E-state index in [0.717, 1.165) is 18.2 Å². The Morgan fingerprint density at radius 1 is 1.36 bits per heavy atom. The third-order valence-corrected chi connectivity index (χ3v) is 3.40. The molecule has 138 valence electrons. The van der Waals surface area contributed by atoms with Crippen LogP contribution in [-0.2, 0) is 0 Å². The van der Waals surface area contributed by atoms with Gasteiger partial charge in [-0.25, -0.2) is 8.78 Å². The van der Waals surface area contributed by atoms with E-state index in [1.807, 2.05) is 0 Å². The summed E-state index contributed by atoms with van der Waals surface area (Å²) in [7, 11) is 0. The minimum Gasteiger partial charge on any atom is -0.490 e. The van der Waals surface area contributed by atoms with Gasteiger partial charge in [0.1, 0.15) is 0 Å². The van der Waals surface area contributed by atoms with Gasteiger partial charge in [0.05, 0.1) is 6.61 Å². The third-order valence-electron chi connectivity index (χ3n) is 3.40. The van der Waals surface area contributed by atoms with Crippen LogP contribution < -0.4 is 9.47 Å². The van der Waals surface area contributed by atoms with Gasteiger partial charge in [-0.1, -0.05) is 0 Å². The number of aliphatic hydroxyl groups is 1. The summed E-state index contributed by atoms with van der Waals surface area (Å²) in [6, 6.07) is 3.22. The van der Waals surface area contributed by atoms with Crippen molar-refractivity contribution in [2.45, 2.75) is 39.0 Å². The number of halogens is 4. The molecule has 1 amide bonds. The van der Waals surface area contributed by atoms with E-state index < -0.39 is 31.1 Å². The number of rotatable bonds is 6. The normalized spacial score (nSPS) is 20.2. The van der Waals surface area contributed by atoms with Crippen molar-refractivity contribution in [2.75, 3.05) is 6.61 Å². The molecule has 0 spiro atoms. The highest BCUT2D eigenvalue weighted by molar-refractivity contribution is 5.98. The van der Waals surface area contributed by atoms with Crippen LogP contribution in [0, 0.1) is 0 Å². The Morgan fingerprint density at radius 3 is 2.60 bits per heavy atom. The molecular weight excluding hydrogens is 348 g/mol. The fourth-order valence-electron chi connectivity index (χ4n) is 2.36. The highest BCUT2D eigenvalue weighted by atomic mass is 19.3. The van der Waals surface area contributed by atoms with Crippen LogP contribution in [-0.4, -0.2) is 47.1 Å². The van der Waals surface area contributed by atoms with Crippen LogP contribution in [0.15, 0.2) is 23.3 Å². The molecule has 0 saturated carbocycles. The molecule has 0 fully saturated rings. The summed E-state index contributed by atoms with van der Waals surface area (Å²) in [5.74, 6) is -1.49. The molecule has 0 aromatic heterocycles. The van der Waals surface area contributed by atoms with Crippen LogP contribution in [0.2, 0.25) is 0 Å². The van der Waals surface area contributed by atoms with E-state index in [4.69, 9.17) is 4.74 Å². The van der Waals surface area contributed by atoms with Crippen LogP contribution in [0.25, 0.3) is 0 Å². The lowest BCUT2D eigenvalue weighted by Gasteiger charge is -2.30.